The predicted octanol–water partition coefficient (Wildman–Crippen LogP) is 2.83. The molecule has 4 nitrogen and oxygen atoms in total. The number of carbonyl (C=O) groups is 2. The van der Waals surface area contributed by atoms with E-state index in [4.69, 9.17) is 27.9 Å². The maximum atomic E-state index is 12.7. The number of rotatable bonds is 1. The molecule has 1 aromatic rings. The van der Waals surface area contributed by atoms with E-state index in [2.05, 4.69) is 0 Å². The third-order valence-corrected chi connectivity index (χ3v) is 5.02. The quantitative estimate of drug-likeness (QED) is 0.589. The van der Waals surface area contributed by atoms with E-state index in [1.165, 1.54) is 11.0 Å². The fourth-order valence-corrected chi connectivity index (χ4v) is 4.05. The van der Waals surface area contributed by atoms with Crippen molar-refractivity contribution in [3.8, 4) is 0 Å². The topological polar surface area (TPSA) is 46.6 Å². The molecule has 1 aromatic carbocycles. The monoisotopic (exact) mass is 323 g/mol. The van der Waals surface area contributed by atoms with Gasteiger partial charge >= 0.3 is 0 Å². The average Bonchev–Trinajstić information content (AvgIpc) is 3.01. The van der Waals surface area contributed by atoms with Crippen molar-refractivity contribution >= 4 is 40.7 Å². The maximum absolute atomic E-state index is 12.7. The molecular weight excluding hydrogens is 313 g/mol. The number of nitrogens with zero attached hydrogens (tertiary/aromatic N) is 1. The van der Waals surface area contributed by atoms with E-state index in [0.29, 0.717) is 10.7 Å². The van der Waals surface area contributed by atoms with Gasteiger partial charge in [0.1, 0.15) is 0 Å². The number of ether oxygens (including phenoxy) is 1. The van der Waals surface area contributed by atoms with Crippen LogP contribution < -0.4 is 4.90 Å². The van der Waals surface area contributed by atoms with Gasteiger partial charge in [-0.15, -0.1) is 0 Å². The normalized spacial score (nSPS) is 36.7. The molecule has 3 heterocycles. The first-order chi connectivity index (χ1) is 9.92. The highest BCUT2D eigenvalue weighted by Gasteiger charge is 2.66. The summed E-state index contributed by atoms with van der Waals surface area (Å²) in [7, 11) is 0. The standard InChI is InChI=1S/C15H11Cl2NO3/c1-15-5-4-10(21-15)11-12(15)14(20)18(13(11)19)9-3-2-7(16)6-8(9)17/h2-6,10-12H,1H3/t10-,11+,12+,15-/m0/s1. The number of halogens is 2. The van der Waals surface area contributed by atoms with Gasteiger partial charge in [0.05, 0.1) is 34.3 Å². The molecule has 0 aliphatic carbocycles. The molecule has 0 N–H and O–H groups in total. The van der Waals surface area contributed by atoms with Crippen molar-refractivity contribution in [1.29, 1.82) is 0 Å². The molecule has 3 aliphatic heterocycles. The van der Waals surface area contributed by atoms with E-state index in [1.54, 1.807) is 12.1 Å². The number of benzene rings is 1. The molecule has 3 aliphatic rings. The van der Waals surface area contributed by atoms with Crippen molar-refractivity contribution < 1.29 is 14.3 Å². The molecule has 4 rings (SSSR count). The van der Waals surface area contributed by atoms with Crippen LogP contribution in [-0.2, 0) is 14.3 Å². The maximum Gasteiger partial charge on any atom is 0.241 e. The number of fused-ring (bicyclic) bond motifs is 5. The zero-order valence-electron chi connectivity index (χ0n) is 11.0. The molecule has 2 fully saturated rings. The fourth-order valence-electron chi connectivity index (χ4n) is 3.55. The number of hydrogen-bond donors (Lipinski definition) is 0. The van der Waals surface area contributed by atoms with E-state index in [1.807, 2.05) is 19.1 Å². The number of hydrogen-bond acceptors (Lipinski definition) is 3. The van der Waals surface area contributed by atoms with Gasteiger partial charge in [0.2, 0.25) is 11.8 Å². The highest BCUT2D eigenvalue weighted by atomic mass is 35.5. The largest absolute Gasteiger partial charge is 0.362 e. The van der Waals surface area contributed by atoms with Crippen molar-refractivity contribution in [2.75, 3.05) is 4.90 Å². The molecule has 108 valence electrons. The van der Waals surface area contributed by atoms with Crippen LogP contribution in [0.3, 0.4) is 0 Å². The Morgan fingerprint density at radius 1 is 1.24 bits per heavy atom. The zero-order chi connectivity index (χ0) is 14.9. The number of anilines is 1. The van der Waals surface area contributed by atoms with Crippen molar-refractivity contribution in [2.24, 2.45) is 11.8 Å². The number of amides is 2. The van der Waals surface area contributed by atoms with Crippen molar-refractivity contribution in [2.45, 2.75) is 18.6 Å². The molecule has 0 radical (unpaired) electrons. The summed E-state index contributed by atoms with van der Waals surface area (Å²) in [5, 5.41) is 0.746. The van der Waals surface area contributed by atoms with Crippen molar-refractivity contribution in [3.05, 3.63) is 40.4 Å². The van der Waals surface area contributed by atoms with E-state index >= 15 is 0 Å². The van der Waals surface area contributed by atoms with Crippen molar-refractivity contribution in [1.82, 2.24) is 0 Å². The second kappa shape index (κ2) is 4.09. The van der Waals surface area contributed by atoms with Gasteiger partial charge < -0.3 is 4.74 Å². The predicted molar refractivity (Wildman–Crippen MR) is 78.4 cm³/mol. The summed E-state index contributed by atoms with van der Waals surface area (Å²) in [6, 6.07) is 4.74. The lowest BCUT2D eigenvalue weighted by Crippen LogP contribution is -2.38. The molecule has 0 unspecified atom stereocenters. The molecule has 4 atom stereocenters. The van der Waals surface area contributed by atoms with Crippen LogP contribution in [0, 0.1) is 11.8 Å². The minimum absolute atomic E-state index is 0.257. The highest BCUT2D eigenvalue weighted by Crippen LogP contribution is 2.52. The van der Waals surface area contributed by atoms with Gasteiger partial charge in [0.15, 0.2) is 0 Å². The Morgan fingerprint density at radius 3 is 2.67 bits per heavy atom. The summed E-state index contributed by atoms with van der Waals surface area (Å²) in [4.78, 5) is 26.6. The fraction of sp³-hybridized carbons (Fsp3) is 0.333. The summed E-state index contributed by atoms with van der Waals surface area (Å²) in [5.74, 6) is -1.46. The summed E-state index contributed by atoms with van der Waals surface area (Å²) < 4.78 is 5.77. The first-order valence-electron chi connectivity index (χ1n) is 6.62. The van der Waals surface area contributed by atoms with Gasteiger partial charge in [-0.2, -0.15) is 0 Å². The van der Waals surface area contributed by atoms with Crippen LogP contribution in [0.25, 0.3) is 0 Å². The Kier molecular flexibility index (Phi) is 2.60. The van der Waals surface area contributed by atoms with E-state index in [-0.39, 0.29) is 22.9 Å². The molecule has 0 spiro atoms. The first-order valence-corrected chi connectivity index (χ1v) is 7.38. The van der Waals surface area contributed by atoms with Gasteiger partial charge in [-0.25, -0.2) is 4.90 Å². The second-order valence-corrected chi connectivity index (χ2v) is 6.58. The Morgan fingerprint density at radius 2 is 2.00 bits per heavy atom. The van der Waals surface area contributed by atoms with Gasteiger partial charge in [0.25, 0.3) is 0 Å². The van der Waals surface area contributed by atoms with Crippen LogP contribution >= 0.6 is 23.2 Å². The molecule has 0 saturated carbocycles. The van der Waals surface area contributed by atoms with Gasteiger partial charge in [0, 0.05) is 5.02 Å². The molecular formula is C15H11Cl2NO3. The second-order valence-electron chi connectivity index (χ2n) is 5.74. The van der Waals surface area contributed by atoms with E-state index < -0.39 is 17.4 Å². The van der Waals surface area contributed by atoms with Crippen molar-refractivity contribution in [3.63, 3.8) is 0 Å². The Hall–Kier alpha value is -1.36. The van der Waals surface area contributed by atoms with Crippen LogP contribution in [0.15, 0.2) is 30.4 Å². The minimum Gasteiger partial charge on any atom is -0.362 e. The summed E-state index contributed by atoms with van der Waals surface area (Å²) >= 11 is 12.0. The van der Waals surface area contributed by atoms with Gasteiger partial charge in [-0.3, -0.25) is 9.59 Å². The molecule has 6 heteroatoms. The third-order valence-electron chi connectivity index (χ3n) is 4.48. The van der Waals surface area contributed by atoms with Gasteiger partial charge in [-0.1, -0.05) is 35.4 Å². The molecule has 2 bridgehead atoms. The smallest absolute Gasteiger partial charge is 0.241 e. The highest BCUT2D eigenvalue weighted by molar-refractivity contribution is 6.38. The lowest BCUT2D eigenvalue weighted by molar-refractivity contribution is -0.126. The van der Waals surface area contributed by atoms with Crippen LogP contribution in [-0.4, -0.2) is 23.5 Å². The molecule has 0 aromatic heterocycles. The summed E-state index contributed by atoms with van der Waals surface area (Å²) in [6.45, 7) is 1.84. The molecule has 2 saturated heterocycles. The average molecular weight is 324 g/mol. The SMILES string of the molecule is C[C@@]12C=C[C@H](O1)[C@H]1C(=O)N(c3ccc(Cl)cc3Cl)C(=O)[C@@H]12. The Bertz CT molecular complexity index is 717. The lowest BCUT2D eigenvalue weighted by Gasteiger charge is -2.24. The van der Waals surface area contributed by atoms with Crippen LogP contribution in [0.4, 0.5) is 5.69 Å². The van der Waals surface area contributed by atoms with E-state index in [0.717, 1.165) is 0 Å². The Balaban J connectivity index is 1.80. The van der Waals surface area contributed by atoms with E-state index in [9.17, 15) is 9.59 Å². The first kappa shape index (κ1) is 13.3. The number of imide groups is 1. The third kappa shape index (κ3) is 1.61. The number of carbonyl (C=O) groups excluding carboxylic acids is 2. The lowest BCUT2D eigenvalue weighted by atomic mass is 9.78. The zero-order valence-corrected chi connectivity index (χ0v) is 12.6. The molecule has 21 heavy (non-hydrogen) atoms. The Labute approximate surface area is 131 Å². The van der Waals surface area contributed by atoms with Gasteiger partial charge in [-0.05, 0) is 25.1 Å². The van der Waals surface area contributed by atoms with Crippen LogP contribution in [0.2, 0.25) is 10.0 Å². The minimum atomic E-state index is -0.699. The molecule has 2 amide bonds. The van der Waals surface area contributed by atoms with Crippen LogP contribution in [0.5, 0.6) is 0 Å². The summed E-state index contributed by atoms with van der Waals surface area (Å²) in [6.07, 6.45) is 3.41. The van der Waals surface area contributed by atoms with Crippen LogP contribution in [0.1, 0.15) is 6.92 Å². The summed E-state index contributed by atoms with van der Waals surface area (Å²) in [5.41, 5.74) is -0.316.